The molecule has 0 bridgehead atoms. The van der Waals surface area contributed by atoms with Gasteiger partial charge in [-0.3, -0.25) is 4.79 Å². The molecule has 5 nitrogen and oxygen atoms in total. The van der Waals surface area contributed by atoms with E-state index in [-0.39, 0.29) is 36.7 Å². The third kappa shape index (κ3) is 4.43. The Bertz CT molecular complexity index is 1050. The van der Waals surface area contributed by atoms with Crippen molar-refractivity contribution in [1.82, 2.24) is 5.32 Å². The lowest BCUT2D eigenvalue weighted by Gasteiger charge is -2.37. The summed E-state index contributed by atoms with van der Waals surface area (Å²) in [6, 6.07) is 15.0. The first kappa shape index (κ1) is 22.1. The van der Waals surface area contributed by atoms with Gasteiger partial charge in [0, 0.05) is 25.0 Å². The number of rotatable bonds is 8. The largest absolute Gasteiger partial charge is 0.459 e. The smallest absolute Gasteiger partial charge is 0.286 e. The van der Waals surface area contributed by atoms with Gasteiger partial charge in [-0.1, -0.05) is 48.4 Å². The molecule has 1 aliphatic carbocycles. The van der Waals surface area contributed by atoms with Crippen molar-refractivity contribution in [3.63, 3.8) is 0 Å². The number of aliphatic hydroxyl groups is 1. The maximum absolute atomic E-state index is 12.6. The van der Waals surface area contributed by atoms with Gasteiger partial charge in [0.15, 0.2) is 5.76 Å². The summed E-state index contributed by atoms with van der Waals surface area (Å²) >= 11 is 0. The Morgan fingerprint density at radius 1 is 1.25 bits per heavy atom. The van der Waals surface area contributed by atoms with Gasteiger partial charge in [-0.15, -0.1) is 6.42 Å². The minimum absolute atomic E-state index is 0.0203. The van der Waals surface area contributed by atoms with Gasteiger partial charge in [0.05, 0.1) is 6.54 Å². The molecule has 4 rings (SSSR count). The molecule has 1 aliphatic heterocycles. The van der Waals surface area contributed by atoms with E-state index < -0.39 is 6.29 Å². The molecule has 0 spiro atoms. The van der Waals surface area contributed by atoms with Gasteiger partial charge in [0.25, 0.3) is 5.91 Å². The molecule has 0 unspecified atom stereocenters. The van der Waals surface area contributed by atoms with Crippen molar-refractivity contribution in [3.8, 4) is 23.5 Å². The number of allylic oxidation sites excluding steroid dienone is 1. The number of nitrogens with one attached hydrogen (secondary N) is 1. The lowest BCUT2D eigenvalue weighted by Crippen LogP contribution is -2.39. The van der Waals surface area contributed by atoms with Crippen LogP contribution in [-0.4, -0.2) is 37.1 Å². The van der Waals surface area contributed by atoms with E-state index in [9.17, 15) is 9.90 Å². The molecule has 32 heavy (non-hydrogen) atoms. The number of amides is 1. The highest BCUT2D eigenvalue weighted by molar-refractivity contribution is 5.92. The monoisotopic (exact) mass is 431 g/mol. The standard InChI is InChI=1S/C27H29NO4/c1-3-13-28-26(30)25-17-24(23(10-7-14-29)27(32-25)31-4-2)19-11-12-22-20(16-19)15-18-8-5-6-9-21(18)22/h1,5-6,8-9,11-12,16-17,23-24,27,29H,4,7,10,13-15H2,2H3,(H,28,30)/t23-,24-,27-/m0/s1. The van der Waals surface area contributed by atoms with Crippen molar-refractivity contribution in [1.29, 1.82) is 0 Å². The highest BCUT2D eigenvalue weighted by Gasteiger charge is 2.38. The molecule has 3 atom stereocenters. The number of benzene rings is 2. The predicted octanol–water partition coefficient (Wildman–Crippen LogP) is 3.76. The average Bonchev–Trinajstić information content (AvgIpc) is 3.19. The Kier molecular flexibility index (Phi) is 6.94. The summed E-state index contributed by atoms with van der Waals surface area (Å²) in [6.45, 7) is 2.60. The van der Waals surface area contributed by atoms with Gasteiger partial charge < -0.3 is 19.9 Å². The van der Waals surface area contributed by atoms with Gasteiger partial charge in [0.1, 0.15) is 0 Å². The lowest BCUT2D eigenvalue weighted by atomic mass is 9.80. The molecule has 166 valence electrons. The highest BCUT2D eigenvalue weighted by atomic mass is 16.7. The molecule has 1 amide bonds. The van der Waals surface area contributed by atoms with Crippen LogP contribution in [0.25, 0.3) is 11.1 Å². The quantitative estimate of drug-likeness (QED) is 0.533. The molecule has 0 aromatic heterocycles. The molecular weight excluding hydrogens is 402 g/mol. The third-order valence-electron chi connectivity index (χ3n) is 6.19. The minimum atomic E-state index is -0.571. The molecule has 2 N–H and O–H groups in total. The summed E-state index contributed by atoms with van der Waals surface area (Å²) in [7, 11) is 0. The number of hydrogen-bond donors (Lipinski definition) is 2. The maximum Gasteiger partial charge on any atom is 0.286 e. The number of carbonyl (C=O) groups is 1. The van der Waals surface area contributed by atoms with E-state index in [0.717, 1.165) is 18.4 Å². The first-order valence-corrected chi connectivity index (χ1v) is 11.2. The van der Waals surface area contributed by atoms with Crippen molar-refractivity contribution >= 4 is 5.91 Å². The number of hydrogen-bond acceptors (Lipinski definition) is 4. The second-order valence-corrected chi connectivity index (χ2v) is 8.17. The Balaban J connectivity index is 1.71. The number of ether oxygens (including phenoxy) is 2. The zero-order chi connectivity index (χ0) is 22.5. The number of fused-ring (bicyclic) bond motifs is 3. The molecule has 2 aromatic carbocycles. The van der Waals surface area contributed by atoms with Crippen LogP contribution in [0.1, 0.15) is 42.4 Å². The van der Waals surface area contributed by atoms with Gasteiger partial charge in [-0.05, 0) is 60.1 Å². The molecule has 2 aliphatic rings. The van der Waals surface area contributed by atoms with Crippen molar-refractivity contribution in [2.45, 2.75) is 38.4 Å². The van der Waals surface area contributed by atoms with Gasteiger partial charge >= 0.3 is 0 Å². The van der Waals surface area contributed by atoms with E-state index in [2.05, 4.69) is 53.7 Å². The maximum atomic E-state index is 12.6. The van der Waals surface area contributed by atoms with Crippen molar-refractivity contribution in [3.05, 3.63) is 71.0 Å². The van der Waals surface area contributed by atoms with Crippen molar-refractivity contribution < 1.29 is 19.4 Å². The van der Waals surface area contributed by atoms with E-state index in [1.54, 1.807) is 0 Å². The fourth-order valence-corrected chi connectivity index (χ4v) is 4.74. The second kappa shape index (κ2) is 10.0. The van der Waals surface area contributed by atoms with Gasteiger partial charge in [0.2, 0.25) is 6.29 Å². The second-order valence-electron chi connectivity index (χ2n) is 8.17. The zero-order valence-electron chi connectivity index (χ0n) is 18.3. The van der Waals surface area contributed by atoms with Crippen molar-refractivity contribution in [2.24, 2.45) is 5.92 Å². The summed E-state index contributed by atoms with van der Waals surface area (Å²) in [6.07, 6.45) is 8.86. The molecule has 5 heteroatoms. The van der Waals surface area contributed by atoms with Gasteiger partial charge in [-0.2, -0.15) is 0 Å². The molecule has 0 radical (unpaired) electrons. The van der Waals surface area contributed by atoms with Crippen LogP contribution in [-0.2, 0) is 20.7 Å². The molecule has 2 aromatic rings. The van der Waals surface area contributed by atoms with Crippen LogP contribution < -0.4 is 5.32 Å². The van der Waals surface area contributed by atoms with Gasteiger partial charge in [-0.25, -0.2) is 0 Å². The van der Waals surface area contributed by atoms with E-state index >= 15 is 0 Å². The van der Waals surface area contributed by atoms with E-state index in [4.69, 9.17) is 15.9 Å². The Morgan fingerprint density at radius 2 is 2.06 bits per heavy atom. The van der Waals surface area contributed by atoms with Crippen LogP contribution in [0.3, 0.4) is 0 Å². The number of carbonyl (C=O) groups excluding carboxylic acids is 1. The van der Waals surface area contributed by atoms with E-state index in [0.29, 0.717) is 13.0 Å². The highest BCUT2D eigenvalue weighted by Crippen LogP contribution is 2.43. The molecule has 1 heterocycles. The van der Waals surface area contributed by atoms with E-state index in [1.807, 2.05) is 13.0 Å². The van der Waals surface area contributed by atoms with Crippen LogP contribution >= 0.6 is 0 Å². The van der Waals surface area contributed by atoms with E-state index in [1.165, 1.54) is 22.3 Å². The van der Waals surface area contributed by atoms with Crippen LogP contribution in [0.15, 0.2) is 54.3 Å². The number of aliphatic hydroxyl groups excluding tert-OH is 1. The third-order valence-corrected chi connectivity index (χ3v) is 6.19. The minimum Gasteiger partial charge on any atom is -0.459 e. The predicted molar refractivity (Wildman–Crippen MR) is 124 cm³/mol. The summed E-state index contributed by atoms with van der Waals surface area (Å²) < 4.78 is 11.9. The molecule has 0 fully saturated rings. The molecular formula is C27H29NO4. The normalized spacial score (nSPS) is 21.0. The fraction of sp³-hybridized carbons (Fsp3) is 0.370. The Hall–Kier alpha value is -3.07. The summed E-state index contributed by atoms with van der Waals surface area (Å²) in [5.74, 6) is 2.21. The summed E-state index contributed by atoms with van der Waals surface area (Å²) in [5.41, 5.74) is 6.29. The first-order chi connectivity index (χ1) is 15.7. The first-order valence-electron chi connectivity index (χ1n) is 11.2. The molecule has 0 saturated heterocycles. The Morgan fingerprint density at radius 3 is 2.84 bits per heavy atom. The summed E-state index contributed by atoms with van der Waals surface area (Å²) in [5, 5.41) is 12.1. The topological polar surface area (TPSA) is 67.8 Å². The summed E-state index contributed by atoms with van der Waals surface area (Å²) in [4.78, 5) is 12.6. The average molecular weight is 432 g/mol. The zero-order valence-corrected chi connectivity index (χ0v) is 18.3. The fourth-order valence-electron chi connectivity index (χ4n) is 4.74. The van der Waals surface area contributed by atoms with Crippen molar-refractivity contribution in [2.75, 3.05) is 19.8 Å². The molecule has 0 saturated carbocycles. The Labute approximate surface area is 189 Å². The van der Waals surface area contributed by atoms with Crippen LogP contribution in [0.4, 0.5) is 0 Å². The van der Waals surface area contributed by atoms with Crippen LogP contribution in [0, 0.1) is 18.3 Å². The lowest BCUT2D eigenvalue weighted by molar-refractivity contribution is -0.166. The van der Waals surface area contributed by atoms with Crippen LogP contribution in [0.2, 0.25) is 0 Å². The van der Waals surface area contributed by atoms with Crippen LogP contribution in [0.5, 0.6) is 0 Å². The SMILES string of the molecule is C#CCNC(=O)C1=C[C@@H](c2ccc3c(c2)Cc2ccccc2-3)[C@H](CCCO)[C@@H](OCC)O1. The number of terminal acetylenes is 1.